The minimum Gasteiger partial charge on any atom is -0.310 e. The Balaban J connectivity index is 2.11. The van der Waals surface area contributed by atoms with Crippen LogP contribution in [0, 0.1) is 12.7 Å². The second kappa shape index (κ2) is 7.55. The number of halogens is 1. The molecular formula is C17H22FNS. The maximum atomic E-state index is 14.1. The van der Waals surface area contributed by atoms with Gasteiger partial charge in [0.2, 0.25) is 0 Å². The Labute approximate surface area is 124 Å². The van der Waals surface area contributed by atoms with Crippen LogP contribution < -0.4 is 5.32 Å². The number of aryl methyl sites for hydroxylation is 2. The lowest BCUT2D eigenvalue weighted by molar-refractivity contribution is 0.474. The number of benzene rings is 1. The molecule has 1 aromatic heterocycles. The first kappa shape index (κ1) is 15.2. The molecule has 1 aromatic carbocycles. The van der Waals surface area contributed by atoms with E-state index in [0.29, 0.717) is 0 Å². The van der Waals surface area contributed by atoms with Crippen LogP contribution in [0.1, 0.15) is 41.8 Å². The molecule has 3 heteroatoms. The standard InChI is InChI=1S/C17H22FNS/c1-3-10-19-17(9-7-14-5-4-11-20-14)15-12-13(2)6-8-16(15)18/h4-6,8,11-12,17,19H,3,7,9-10H2,1-2H3. The largest absolute Gasteiger partial charge is 0.310 e. The molecule has 0 aliphatic heterocycles. The third kappa shape index (κ3) is 4.15. The third-order valence-corrected chi connectivity index (χ3v) is 4.36. The van der Waals surface area contributed by atoms with Crippen LogP contribution in [0.25, 0.3) is 0 Å². The fourth-order valence-electron chi connectivity index (χ4n) is 2.36. The lowest BCUT2D eigenvalue weighted by atomic mass is 9.99. The summed E-state index contributed by atoms with van der Waals surface area (Å²) in [7, 11) is 0. The minimum absolute atomic E-state index is 0.0944. The van der Waals surface area contributed by atoms with Gasteiger partial charge in [-0.05, 0) is 50.2 Å². The van der Waals surface area contributed by atoms with E-state index < -0.39 is 0 Å². The van der Waals surface area contributed by atoms with Gasteiger partial charge in [0.05, 0.1) is 0 Å². The Morgan fingerprint density at radius 3 is 2.85 bits per heavy atom. The van der Waals surface area contributed by atoms with Crippen LogP contribution in [0.5, 0.6) is 0 Å². The maximum absolute atomic E-state index is 14.1. The van der Waals surface area contributed by atoms with Gasteiger partial charge in [-0.1, -0.05) is 30.7 Å². The van der Waals surface area contributed by atoms with E-state index >= 15 is 0 Å². The summed E-state index contributed by atoms with van der Waals surface area (Å²) in [4.78, 5) is 1.36. The predicted molar refractivity (Wildman–Crippen MR) is 84.8 cm³/mol. The lowest BCUT2D eigenvalue weighted by Crippen LogP contribution is -2.23. The molecule has 0 radical (unpaired) electrons. The Kier molecular flexibility index (Phi) is 5.74. The van der Waals surface area contributed by atoms with Gasteiger partial charge < -0.3 is 5.32 Å². The summed E-state index contributed by atoms with van der Waals surface area (Å²) in [5.74, 6) is -0.101. The highest BCUT2D eigenvalue weighted by Crippen LogP contribution is 2.24. The number of nitrogens with one attached hydrogen (secondary N) is 1. The summed E-state index contributed by atoms with van der Waals surface area (Å²) in [5, 5.41) is 5.58. The Morgan fingerprint density at radius 1 is 1.30 bits per heavy atom. The van der Waals surface area contributed by atoms with E-state index in [4.69, 9.17) is 0 Å². The SMILES string of the molecule is CCCNC(CCc1cccs1)c1cc(C)ccc1F. The van der Waals surface area contributed by atoms with Crippen molar-refractivity contribution in [2.24, 2.45) is 0 Å². The molecular weight excluding hydrogens is 269 g/mol. The van der Waals surface area contributed by atoms with Crippen molar-refractivity contribution in [2.75, 3.05) is 6.54 Å². The van der Waals surface area contributed by atoms with E-state index in [-0.39, 0.29) is 11.9 Å². The van der Waals surface area contributed by atoms with Crippen molar-refractivity contribution < 1.29 is 4.39 Å². The zero-order chi connectivity index (χ0) is 14.4. The first-order chi connectivity index (χ1) is 9.70. The molecule has 1 unspecified atom stereocenters. The van der Waals surface area contributed by atoms with Gasteiger partial charge in [-0.2, -0.15) is 0 Å². The predicted octanol–water partition coefficient (Wildman–Crippen LogP) is 4.87. The highest BCUT2D eigenvalue weighted by Gasteiger charge is 2.15. The molecule has 0 aliphatic carbocycles. The van der Waals surface area contributed by atoms with Crippen molar-refractivity contribution >= 4 is 11.3 Å². The fraction of sp³-hybridized carbons (Fsp3) is 0.412. The molecule has 2 rings (SSSR count). The fourth-order valence-corrected chi connectivity index (χ4v) is 3.08. The zero-order valence-electron chi connectivity index (χ0n) is 12.2. The number of hydrogen-bond donors (Lipinski definition) is 1. The second-order valence-corrected chi connectivity index (χ2v) is 6.18. The smallest absolute Gasteiger partial charge is 0.127 e. The quantitative estimate of drug-likeness (QED) is 0.767. The number of thiophene rings is 1. The first-order valence-corrected chi connectivity index (χ1v) is 8.10. The van der Waals surface area contributed by atoms with Crippen LogP contribution in [0.15, 0.2) is 35.7 Å². The molecule has 0 amide bonds. The molecule has 1 atom stereocenters. The highest BCUT2D eigenvalue weighted by molar-refractivity contribution is 7.09. The molecule has 0 saturated carbocycles. The maximum Gasteiger partial charge on any atom is 0.127 e. The summed E-state index contributed by atoms with van der Waals surface area (Å²) < 4.78 is 14.1. The van der Waals surface area contributed by atoms with E-state index in [1.165, 1.54) is 4.88 Å². The average Bonchev–Trinajstić information content (AvgIpc) is 2.95. The Hall–Kier alpha value is -1.19. The van der Waals surface area contributed by atoms with Crippen molar-refractivity contribution in [3.8, 4) is 0 Å². The molecule has 108 valence electrons. The van der Waals surface area contributed by atoms with Crippen molar-refractivity contribution in [3.63, 3.8) is 0 Å². The van der Waals surface area contributed by atoms with E-state index in [9.17, 15) is 4.39 Å². The van der Waals surface area contributed by atoms with Crippen molar-refractivity contribution in [2.45, 2.75) is 39.2 Å². The van der Waals surface area contributed by atoms with E-state index in [0.717, 1.165) is 36.9 Å². The van der Waals surface area contributed by atoms with Gasteiger partial charge in [0.15, 0.2) is 0 Å². The Morgan fingerprint density at radius 2 is 2.15 bits per heavy atom. The summed E-state index contributed by atoms with van der Waals surface area (Å²) in [5.41, 5.74) is 1.91. The second-order valence-electron chi connectivity index (χ2n) is 5.15. The summed E-state index contributed by atoms with van der Waals surface area (Å²) in [6.07, 6.45) is 2.98. The molecule has 0 bridgehead atoms. The average molecular weight is 291 g/mol. The zero-order valence-corrected chi connectivity index (χ0v) is 13.0. The molecule has 0 aliphatic rings. The van der Waals surface area contributed by atoms with Crippen LogP contribution in [-0.2, 0) is 6.42 Å². The number of rotatable bonds is 7. The highest BCUT2D eigenvalue weighted by atomic mass is 32.1. The Bertz CT molecular complexity index is 522. The van der Waals surface area contributed by atoms with Gasteiger partial charge in [-0.25, -0.2) is 4.39 Å². The van der Waals surface area contributed by atoms with E-state index in [1.807, 2.05) is 19.1 Å². The minimum atomic E-state index is -0.101. The van der Waals surface area contributed by atoms with Gasteiger partial charge in [-0.3, -0.25) is 0 Å². The monoisotopic (exact) mass is 291 g/mol. The molecule has 0 spiro atoms. The summed E-state index contributed by atoms with van der Waals surface area (Å²) >= 11 is 1.77. The van der Waals surface area contributed by atoms with Crippen molar-refractivity contribution in [1.29, 1.82) is 0 Å². The van der Waals surface area contributed by atoms with Gasteiger partial charge in [-0.15, -0.1) is 11.3 Å². The molecule has 20 heavy (non-hydrogen) atoms. The topological polar surface area (TPSA) is 12.0 Å². The number of hydrogen-bond acceptors (Lipinski definition) is 2. The van der Waals surface area contributed by atoms with Crippen LogP contribution >= 0.6 is 11.3 Å². The lowest BCUT2D eigenvalue weighted by Gasteiger charge is -2.20. The normalized spacial score (nSPS) is 12.6. The van der Waals surface area contributed by atoms with Crippen LogP contribution in [0.3, 0.4) is 0 Å². The van der Waals surface area contributed by atoms with Crippen LogP contribution in [0.4, 0.5) is 4.39 Å². The summed E-state index contributed by atoms with van der Waals surface area (Å²) in [6, 6.07) is 9.69. The van der Waals surface area contributed by atoms with Crippen molar-refractivity contribution in [1.82, 2.24) is 5.32 Å². The van der Waals surface area contributed by atoms with Gasteiger partial charge in [0.25, 0.3) is 0 Å². The van der Waals surface area contributed by atoms with Gasteiger partial charge >= 0.3 is 0 Å². The first-order valence-electron chi connectivity index (χ1n) is 7.22. The molecule has 1 heterocycles. The summed E-state index contributed by atoms with van der Waals surface area (Å²) in [6.45, 7) is 5.07. The van der Waals surface area contributed by atoms with E-state index in [2.05, 4.69) is 29.8 Å². The molecule has 2 aromatic rings. The molecule has 1 N–H and O–H groups in total. The van der Waals surface area contributed by atoms with Crippen molar-refractivity contribution in [3.05, 3.63) is 57.5 Å². The van der Waals surface area contributed by atoms with Gasteiger partial charge in [0, 0.05) is 16.5 Å². The molecule has 0 fully saturated rings. The molecule has 1 nitrogen and oxygen atoms in total. The van der Waals surface area contributed by atoms with Crippen LogP contribution in [-0.4, -0.2) is 6.54 Å². The van der Waals surface area contributed by atoms with E-state index in [1.54, 1.807) is 17.4 Å². The van der Waals surface area contributed by atoms with Crippen LogP contribution in [0.2, 0.25) is 0 Å². The molecule has 0 saturated heterocycles. The third-order valence-electron chi connectivity index (χ3n) is 3.43. The van der Waals surface area contributed by atoms with Gasteiger partial charge in [0.1, 0.15) is 5.82 Å².